The fraction of sp³-hybridized carbons (Fsp3) is 0.600. The van der Waals surface area contributed by atoms with Crippen LogP contribution in [-0.2, 0) is 16.1 Å². The molecule has 1 amide bonds. The lowest BCUT2D eigenvalue weighted by molar-refractivity contribution is -0.133. The lowest BCUT2D eigenvalue weighted by Gasteiger charge is -2.27. The van der Waals surface area contributed by atoms with E-state index in [2.05, 4.69) is 20.4 Å². The molecule has 23 heavy (non-hydrogen) atoms. The summed E-state index contributed by atoms with van der Waals surface area (Å²) in [4.78, 5) is 23.0. The molecule has 1 aliphatic heterocycles. The van der Waals surface area contributed by atoms with Crippen molar-refractivity contribution in [1.82, 2.24) is 24.6 Å². The van der Waals surface area contributed by atoms with Crippen molar-refractivity contribution in [3.8, 4) is 0 Å². The van der Waals surface area contributed by atoms with Gasteiger partial charge in [0, 0.05) is 19.6 Å². The first-order chi connectivity index (χ1) is 11.1. The number of nitrogens with zero attached hydrogens (tertiary/aromatic N) is 5. The smallest absolute Gasteiger partial charge is 0.242 e. The number of aromatic nitrogens is 4. The molecule has 0 unspecified atom stereocenters. The van der Waals surface area contributed by atoms with Crippen LogP contribution in [0.15, 0.2) is 0 Å². The fourth-order valence-electron chi connectivity index (χ4n) is 2.78. The highest BCUT2D eigenvalue weighted by Gasteiger charge is 2.19. The minimum atomic E-state index is 0.0528. The van der Waals surface area contributed by atoms with Gasteiger partial charge >= 0.3 is 0 Å². The zero-order valence-corrected chi connectivity index (χ0v) is 13.8. The number of amides is 1. The molecule has 2 aromatic heterocycles. The van der Waals surface area contributed by atoms with Crippen molar-refractivity contribution in [2.24, 2.45) is 0 Å². The summed E-state index contributed by atoms with van der Waals surface area (Å²) in [5, 5.41) is 7.66. The third-order valence-corrected chi connectivity index (χ3v) is 3.94. The predicted molar refractivity (Wildman–Crippen MR) is 86.4 cm³/mol. The van der Waals surface area contributed by atoms with Crippen molar-refractivity contribution in [1.29, 1.82) is 0 Å². The van der Waals surface area contributed by atoms with Gasteiger partial charge < -0.3 is 15.0 Å². The zero-order valence-electron chi connectivity index (χ0n) is 13.8. The van der Waals surface area contributed by atoms with Gasteiger partial charge in [-0.05, 0) is 20.8 Å². The maximum atomic E-state index is 12.3. The van der Waals surface area contributed by atoms with Gasteiger partial charge in [0.05, 0.1) is 25.5 Å². The highest BCUT2D eigenvalue weighted by molar-refractivity contribution is 5.89. The van der Waals surface area contributed by atoms with Crippen LogP contribution in [0.5, 0.6) is 0 Å². The molecule has 0 radical (unpaired) electrons. The summed E-state index contributed by atoms with van der Waals surface area (Å²) in [6, 6.07) is 0. The van der Waals surface area contributed by atoms with Crippen LogP contribution in [0.1, 0.15) is 18.4 Å². The molecule has 0 spiro atoms. The van der Waals surface area contributed by atoms with Gasteiger partial charge in [-0.3, -0.25) is 9.48 Å². The molecule has 0 saturated carbocycles. The molecule has 3 rings (SSSR count). The lowest BCUT2D eigenvalue weighted by Crippen LogP contribution is -2.43. The van der Waals surface area contributed by atoms with Crippen molar-refractivity contribution >= 4 is 22.8 Å². The van der Waals surface area contributed by atoms with Crippen molar-refractivity contribution in [2.75, 3.05) is 38.2 Å². The van der Waals surface area contributed by atoms with E-state index in [9.17, 15) is 4.79 Å². The Morgan fingerprint density at radius 1 is 1.26 bits per heavy atom. The highest BCUT2D eigenvalue weighted by atomic mass is 16.5. The Morgan fingerprint density at radius 3 is 2.70 bits per heavy atom. The van der Waals surface area contributed by atoms with Crippen molar-refractivity contribution < 1.29 is 9.53 Å². The second kappa shape index (κ2) is 6.49. The lowest BCUT2D eigenvalue weighted by atomic mass is 10.3. The predicted octanol–water partition coefficient (Wildman–Crippen LogP) is 0.734. The van der Waals surface area contributed by atoms with Gasteiger partial charge in [-0.2, -0.15) is 5.10 Å². The minimum Gasteiger partial charge on any atom is -0.378 e. The minimum absolute atomic E-state index is 0.0528. The number of carbonyl (C=O) groups is 1. The monoisotopic (exact) mass is 318 g/mol. The van der Waals surface area contributed by atoms with Crippen LogP contribution in [0, 0.1) is 13.8 Å². The first-order valence-electron chi connectivity index (χ1n) is 7.91. The standard InChI is InChI=1S/C15H22N6O2/c1-4-21-14-13(10(2)19-21)17-11(3)18-15(14)16-9-12(22)20-5-7-23-8-6-20/h4-9H2,1-3H3,(H,16,17,18). The third kappa shape index (κ3) is 3.12. The van der Waals surface area contributed by atoms with Crippen LogP contribution in [0.25, 0.3) is 11.0 Å². The Labute approximate surface area is 134 Å². The zero-order chi connectivity index (χ0) is 16.4. The van der Waals surface area contributed by atoms with Crippen LogP contribution < -0.4 is 5.32 Å². The molecule has 3 heterocycles. The highest BCUT2D eigenvalue weighted by Crippen LogP contribution is 2.23. The molecule has 1 saturated heterocycles. The molecule has 1 N–H and O–H groups in total. The number of hydrogen-bond acceptors (Lipinski definition) is 6. The Balaban J connectivity index is 1.83. The van der Waals surface area contributed by atoms with E-state index in [-0.39, 0.29) is 12.5 Å². The van der Waals surface area contributed by atoms with Gasteiger partial charge in [0.1, 0.15) is 16.9 Å². The quantitative estimate of drug-likeness (QED) is 0.895. The topological polar surface area (TPSA) is 85.2 Å². The normalized spacial score (nSPS) is 15.2. The molecule has 2 aromatic rings. The van der Waals surface area contributed by atoms with E-state index in [0.717, 1.165) is 23.3 Å². The third-order valence-electron chi connectivity index (χ3n) is 3.94. The Bertz CT molecular complexity index is 720. The second-order valence-corrected chi connectivity index (χ2v) is 5.56. The van der Waals surface area contributed by atoms with Gasteiger partial charge in [-0.1, -0.05) is 0 Å². The molecule has 8 nitrogen and oxygen atoms in total. The largest absolute Gasteiger partial charge is 0.378 e. The first-order valence-corrected chi connectivity index (χ1v) is 7.91. The molecule has 8 heteroatoms. The molecule has 1 aliphatic rings. The van der Waals surface area contributed by atoms with E-state index >= 15 is 0 Å². The van der Waals surface area contributed by atoms with Crippen LogP contribution in [0.2, 0.25) is 0 Å². The number of aryl methyl sites for hydroxylation is 3. The number of rotatable bonds is 4. The number of hydrogen-bond donors (Lipinski definition) is 1. The summed E-state index contributed by atoms with van der Waals surface area (Å²) in [6.07, 6.45) is 0. The summed E-state index contributed by atoms with van der Waals surface area (Å²) < 4.78 is 7.14. The SMILES string of the molecule is CCn1nc(C)c2nc(C)nc(NCC(=O)N3CCOCC3)c21. The fourth-order valence-corrected chi connectivity index (χ4v) is 2.78. The van der Waals surface area contributed by atoms with Crippen LogP contribution >= 0.6 is 0 Å². The molecule has 0 aliphatic carbocycles. The Morgan fingerprint density at radius 2 is 2.00 bits per heavy atom. The number of morpholine rings is 1. The molecular weight excluding hydrogens is 296 g/mol. The van der Waals surface area contributed by atoms with Gasteiger partial charge in [0.2, 0.25) is 5.91 Å². The van der Waals surface area contributed by atoms with Crippen LogP contribution in [0.3, 0.4) is 0 Å². The van der Waals surface area contributed by atoms with Gasteiger partial charge in [-0.25, -0.2) is 9.97 Å². The summed E-state index contributed by atoms with van der Waals surface area (Å²) in [5.41, 5.74) is 2.56. The summed E-state index contributed by atoms with van der Waals surface area (Å²) in [7, 11) is 0. The average Bonchev–Trinajstić information content (AvgIpc) is 2.89. The molecule has 0 atom stereocenters. The van der Waals surface area contributed by atoms with Crippen LogP contribution in [0.4, 0.5) is 5.82 Å². The van der Waals surface area contributed by atoms with Crippen LogP contribution in [-0.4, -0.2) is 63.4 Å². The van der Waals surface area contributed by atoms with Crippen molar-refractivity contribution in [3.63, 3.8) is 0 Å². The molecular formula is C15H22N6O2. The van der Waals surface area contributed by atoms with Crippen molar-refractivity contribution in [3.05, 3.63) is 11.5 Å². The summed E-state index contributed by atoms with van der Waals surface area (Å²) in [5.74, 6) is 1.38. The molecule has 0 aromatic carbocycles. The number of carbonyl (C=O) groups excluding carboxylic acids is 1. The van der Waals surface area contributed by atoms with Gasteiger partial charge in [0.15, 0.2) is 5.82 Å². The van der Waals surface area contributed by atoms with Gasteiger partial charge in [-0.15, -0.1) is 0 Å². The average molecular weight is 318 g/mol. The summed E-state index contributed by atoms with van der Waals surface area (Å²) in [6.45, 7) is 9.22. The first kappa shape index (κ1) is 15.7. The number of nitrogens with one attached hydrogen (secondary N) is 1. The van der Waals surface area contributed by atoms with E-state index in [1.807, 2.05) is 30.4 Å². The molecule has 1 fully saturated rings. The van der Waals surface area contributed by atoms with E-state index in [4.69, 9.17) is 4.74 Å². The molecule has 0 bridgehead atoms. The number of ether oxygens (including phenoxy) is 1. The Hall–Kier alpha value is -2.22. The van der Waals surface area contributed by atoms with Crippen molar-refractivity contribution in [2.45, 2.75) is 27.3 Å². The molecule has 124 valence electrons. The second-order valence-electron chi connectivity index (χ2n) is 5.56. The van der Waals surface area contributed by atoms with E-state index in [1.54, 1.807) is 0 Å². The Kier molecular flexibility index (Phi) is 4.42. The van der Waals surface area contributed by atoms with E-state index < -0.39 is 0 Å². The van der Waals surface area contributed by atoms with Gasteiger partial charge in [0.25, 0.3) is 0 Å². The maximum Gasteiger partial charge on any atom is 0.242 e. The summed E-state index contributed by atoms with van der Waals surface area (Å²) >= 11 is 0. The van der Waals surface area contributed by atoms with E-state index in [1.165, 1.54) is 0 Å². The number of fused-ring (bicyclic) bond motifs is 1. The van der Waals surface area contributed by atoms with E-state index in [0.29, 0.717) is 37.9 Å². The number of anilines is 1. The maximum absolute atomic E-state index is 12.3.